The number of aromatic amines is 1. The van der Waals surface area contributed by atoms with E-state index in [9.17, 15) is 0 Å². The predicted molar refractivity (Wildman–Crippen MR) is 106 cm³/mol. The summed E-state index contributed by atoms with van der Waals surface area (Å²) in [7, 11) is 0. The van der Waals surface area contributed by atoms with Gasteiger partial charge >= 0.3 is 0 Å². The summed E-state index contributed by atoms with van der Waals surface area (Å²) in [6.45, 7) is 10.0. The van der Waals surface area contributed by atoms with E-state index in [1.54, 1.807) is 12.1 Å². The Hall–Kier alpha value is -2.97. The van der Waals surface area contributed by atoms with Crippen LogP contribution < -0.4 is 0 Å². The molecule has 5 heteroatoms. The van der Waals surface area contributed by atoms with Crippen LogP contribution >= 0.6 is 0 Å². The third-order valence-electron chi connectivity index (χ3n) is 5.23. The van der Waals surface area contributed by atoms with Crippen molar-refractivity contribution in [1.82, 2.24) is 20.1 Å². The molecule has 2 aromatic carbocycles. The summed E-state index contributed by atoms with van der Waals surface area (Å²) in [5.74, 6) is 2.37. The number of H-pyrrole nitrogens is 1. The van der Waals surface area contributed by atoms with Crippen molar-refractivity contribution < 1.29 is 0 Å². The Morgan fingerprint density at radius 3 is 2.48 bits per heavy atom. The molecule has 0 atom stereocenters. The lowest BCUT2D eigenvalue weighted by Crippen LogP contribution is -2.34. The minimum Gasteiger partial charge on any atom is -0.296 e. The van der Waals surface area contributed by atoms with E-state index < -0.39 is 0 Å². The Morgan fingerprint density at radius 1 is 1.04 bits per heavy atom. The Labute approximate surface area is 159 Å². The van der Waals surface area contributed by atoms with Gasteiger partial charge in [0.1, 0.15) is 5.82 Å². The first-order valence-electron chi connectivity index (χ1n) is 9.45. The molecule has 1 saturated heterocycles. The van der Waals surface area contributed by atoms with Gasteiger partial charge in [-0.15, -0.1) is 0 Å². The molecule has 3 aromatic rings. The molecule has 0 radical (unpaired) electrons. The van der Waals surface area contributed by atoms with Crippen LogP contribution in [0.25, 0.3) is 16.2 Å². The number of benzene rings is 2. The fourth-order valence-corrected chi connectivity index (χ4v) is 3.69. The van der Waals surface area contributed by atoms with Crippen molar-refractivity contribution >= 4 is 5.69 Å². The van der Waals surface area contributed by atoms with Gasteiger partial charge in [-0.05, 0) is 43.8 Å². The van der Waals surface area contributed by atoms with Gasteiger partial charge < -0.3 is 0 Å². The highest BCUT2D eigenvalue weighted by atomic mass is 15.2. The third kappa shape index (κ3) is 4.42. The van der Waals surface area contributed by atoms with Crippen LogP contribution in [0.3, 0.4) is 0 Å². The van der Waals surface area contributed by atoms with E-state index >= 15 is 0 Å². The number of aromatic nitrogens is 3. The fraction of sp³-hybridized carbons (Fsp3) is 0.318. The molecule has 0 unspecified atom stereocenters. The maximum Gasteiger partial charge on any atom is 0.187 e. The van der Waals surface area contributed by atoms with Crippen molar-refractivity contribution in [3.8, 4) is 11.4 Å². The van der Waals surface area contributed by atoms with Gasteiger partial charge in [0, 0.05) is 5.56 Å². The molecule has 1 aliphatic heterocycles. The van der Waals surface area contributed by atoms with Crippen LogP contribution in [-0.4, -0.2) is 33.2 Å². The lowest BCUT2D eigenvalue weighted by Gasteiger charge is -2.31. The molecule has 0 aliphatic carbocycles. The Morgan fingerprint density at radius 2 is 1.78 bits per heavy atom. The number of likely N-dealkylation sites (tertiary alicyclic amines) is 1. The fourth-order valence-electron chi connectivity index (χ4n) is 3.69. The van der Waals surface area contributed by atoms with Crippen LogP contribution in [0.1, 0.15) is 24.2 Å². The lowest BCUT2D eigenvalue weighted by atomic mass is 9.90. The molecule has 5 nitrogen and oxygen atoms in total. The molecule has 0 saturated carbocycles. The molecule has 1 aliphatic rings. The molecule has 1 fully saturated rings. The first-order valence-corrected chi connectivity index (χ1v) is 9.45. The zero-order valence-corrected chi connectivity index (χ0v) is 15.3. The summed E-state index contributed by atoms with van der Waals surface area (Å²) < 4.78 is 0. The van der Waals surface area contributed by atoms with E-state index in [0.717, 1.165) is 36.9 Å². The van der Waals surface area contributed by atoms with Crippen molar-refractivity contribution in [2.24, 2.45) is 5.92 Å². The predicted octanol–water partition coefficient (Wildman–Crippen LogP) is 4.48. The van der Waals surface area contributed by atoms with Crippen LogP contribution in [0, 0.1) is 12.5 Å². The number of piperidine rings is 1. The van der Waals surface area contributed by atoms with E-state index in [4.69, 9.17) is 6.57 Å². The number of hydrogen-bond acceptors (Lipinski definition) is 3. The molecular weight excluding hydrogens is 334 g/mol. The van der Waals surface area contributed by atoms with E-state index in [1.807, 2.05) is 12.1 Å². The zero-order chi connectivity index (χ0) is 18.5. The molecule has 27 heavy (non-hydrogen) atoms. The maximum atomic E-state index is 7.03. The van der Waals surface area contributed by atoms with E-state index in [0.29, 0.717) is 11.5 Å². The van der Waals surface area contributed by atoms with Gasteiger partial charge in [-0.25, -0.2) is 9.83 Å². The molecule has 1 N–H and O–H groups in total. The van der Waals surface area contributed by atoms with Gasteiger partial charge in [0.15, 0.2) is 11.5 Å². The molecule has 1 aromatic heterocycles. The second kappa shape index (κ2) is 8.15. The van der Waals surface area contributed by atoms with Crippen LogP contribution in [0.4, 0.5) is 5.69 Å². The third-order valence-corrected chi connectivity index (χ3v) is 5.23. The van der Waals surface area contributed by atoms with Gasteiger partial charge in [-0.2, -0.15) is 5.10 Å². The summed E-state index contributed by atoms with van der Waals surface area (Å²) in [6.07, 6.45) is 3.64. The topological polar surface area (TPSA) is 49.2 Å². The van der Waals surface area contributed by atoms with Crippen LogP contribution in [0.15, 0.2) is 54.6 Å². The average molecular weight is 357 g/mol. The van der Waals surface area contributed by atoms with Crippen molar-refractivity contribution in [1.29, 1.82) is 0 Å². The summed E-state index contributed by atoms with van der Waals surface area (Å²) in [4.78, 5) is 10.5. The van der Waals surface area contributed by atoms with Crippen molar-refractivity contribution in [3.63, 3.8) is 0 Å². The van der Waals surface area contributed by atoms with Crippen LogP contribution in [0.5, 0.6) is 0 Å². The molecule has 4 rings (SSSR count). The summed E-state index contributed by atoms with van der Waals surface area (Å²) in [5, 5.41) is 7.41. The van der Waals surface area contributed by atoms with E-state index in [2.05, 4.69) is 55.3 Å². The summed E-state index contributed by atoms with van der Waals surface area (Å²) in [6, 6.07) is 18.2. The van der Waals surface area contributed by atoms with Gasteiger partial charge in [0.25, 0.3) is 0 Å². The highest BCUT2D eigenvalue weighted by Gasteiger charge is 2.20. The SMILES string of the molecule is [C-]#[N+]c1ccc(-c2n[nH]c(CN3CCC(Cc4ccccc4)CC3)n2)cc1. The number of rotatable bonds is 5. The van der Waals surface area contributed by atoms with Crippen molar-refractivity contribution in [2.75, 3.05) is 13.1 Å². The largest absolute Gasteiger partial charge is 0.296 e. The summed E-state index contributed by atoms with van der Waals surface area (Å²) >= 11 is 0. The minimum absolute atomic E-state index is 0.632. The first-order chi connectivity index (χ1) is 13.3. The second-order valence-electron chi connectivity index (χ2n) is 7.17. The Kier molecular flexibility index (Phi) is 5.27. The van der Waals surface area contributed by atoms with E-state index in [-0.39, 0.29) is 0 Å². The van der Waals surface area contributed by atoms with Gasteiger partial charge in [-0.3, -0.25) is 10.00 Å². The van der Waals surface area contributed by atoms with Crippen LogP contribution in [0.2, 0.25) is 0 Å². The number of hydrogen-bond donors (Lipinski definition) is 1. The number of nitrogens with one attached hydrogen (secondary N) is 1. The van der Waals surface area contributed by atoms with Crippen LogP contribution in [-0.2, 0) is 13.0 Å². The van der Waals surface area contributed by atoms with Crippen molar-refractivity contribution in [3.05, 3.63) is 77.4 Å². The number of nitrogens with zero attached hydrogens (tertiary/aromatic N) is 4. The molecule has 0 bridgehead atoms. The minimum atomic E-state index is 0.632. The van der Waals surface area contributed by atoms with Gasteiger partial charge in [-0.1, -0.05) is 54.6 Å². The Balaban J connectivity index is 1.30. The van der Waals surface area contributed by atoms with Gasteiger partial charge in [0.2, 0.25) is 0 Å². The highest BCUT2D eigenvalue weighted by Crippen LogP contribution is 2.23. The zero-order valence-electron chi connectivity index (χ0n) is 15.3. The quantitative estimate of drug-likeness (QED) is 0.685. The first kappa shape index (κ1) is 17.4. The standard InChI is InChI=1S/C22H23N5/c1-23-20-9-7-19(8-10-20)22-24-21(25-26-22)16-27-13-11-18(12-14-27)15-17-5-3-2-4-6-17/h2-10,18H,11-16H2,(H,24,25,26). The maximum absolute atomic E-state index is 7.03. The Bertz CT molecular complexity index is 900. The average Bonchev–Trinajstić information content (AvgIpc) is 3.19. The highest BCUT2D eigenvalue weighted by molar-refractivity contribution is 5.59. The smallest absolute Gasteiger partial charge is 0.187 e. The summed E-state index contributed by atoms with van der Waals surface area (Å²) in [5.41, 5.74) is 3.01. The van der Waals surface area contributed by atoms with Crippen molar-refractivity contribution in [2.45, 2.75) is 25.8 Å². The normalized spacial score (nSPS) is 15.5. The van der Waals surface area contributed by atoms with E-state index in [1.165, 1.54) is 24.8 Å². The second-order valence-corrected chi connectivity index (χ2v) is 7.17. The lowest BCUT2D eigenvalue weighted by molar-refractivity contribution is 0.173. The monoisotopic (exact) mass is 357 g/mol. The molecule has 2 heterocycles. The molecule has 0 amide bonds. The molecule has 136 valence electrons. The van der Waals surface area contributed by atoms with Gasteiger partial charge in [0.05, 0.1) is 13.1 Å². The molecule has 0 spiro atoms. The molecular formula is C22H23N5.